The molecule has 0 unspecified atom stereocenters. The molecule has 1 amide bonds. The Labute approximate surface area is 165 Å². The first-order valence-corrected chi connectivity index (χ1v) is 10.2. The molecular weight excluding hydrogens is 383 g/mol. The molecule has 27 heavy (non-hydrogen) atoms. The summed E-state index contributed by atoms with van der Waals surface area (Å²) in [5.41, 5.74) is 2.38. The smallest absolute Gasteiger partial charge is 0.234 e. The Morgan fingerprint density at radius 2 is 1.89 bits per heavy atom. The van der Waals surface area contributed by atoms with Crippen molar-refractivity contribution in [2.24, 2.45) is 0 Å². The van der Waals surface area contributed by atoms with Crippen LogP contribution >= 0.6 is 23.1 Å². The molecule has 140 valence electrons. The third kappa shape index (κ3) is 5.51. The lowest BCUT2D eigenvalue weighted by Crippen LogP contribution is -2.14. The monoisotopic (exact) mass is 402 g/mol. The van der Waals surface area contributed by atoms with Crippen LogP contribution in [0, 0.1) is 5.82 Å². The minimum atomic E-state index is -0.457. The molecule has 8 heteroatoms. The molecule has 0 atom stereocenters. The fourth-order valence-electron chi connectivity index (χ4n) is 2.27. The number of anilines is 3. The maximum Gasteiger partial charge on any atom is 0.234 e. The molecule has 0 saturated carbocycles. The molecule has 0 fully saturated rings. The van der Waals surface area contributed by atoms with Gasteiger partial charge in [0, 0.05) is 5.69 Å². The standard InChI is InChI=1S/C19H19FN4OS2/c1-12(2)13-7-9-14(10-8-13)21-18-23-24-19(27-18)26-11-17(25)22-16-6-4-3-5-15(16)20/h3-10,12H,11H2,1-2H3,(H,21,23)(H,22,25). The first-order valence-electron chi connectivity index (χ1n) is 8.39. The van der Waals surface area contributed by atoms with Crippen LogP contribution in [-0.2, 0) is 4.79 Å². The molecule has 0 radical (unpaired) electrons. The number of rotatable bonds is 7. The maximum atomic E-state index is 13.5. The highest BCUT2D eigenvalue weighted by Gasteiger charge is 2.10. The Bertz CT molecular complexity index is 912. The van der Waals surface area contributed by atoms with Crippen molar-refractivity contribution in [1.29, 1.82) is 0 Å². The molecule has 0 bridgehead atoms. The summed E-state index contributed by atoms with van der Waals surface area (Å²) in [6.45, 7) is 4.30. The molecule has 3 aromatic rings. The van der Waals surface area contributed by atoms with E-state index in [0.29, 0.717) is 15.4 Å². The summed E-state index contributed by atoms with van der Waals surface area (Å²) >= 11 is 2.63. The molecule has 0 spiro atoms. The van der Waals surface area contributed by atoms with E-state index in [1.54, 1.807) is 12.1 Å². The molecular formula is C19H19FN4OS2. The highest BCUT2D eigenvalue weighted by atomic mass is 32.2. The number of amides is 1. The lowest BCUT2D eigenvalue weighted by atomic mass is 10.0. The second-order valence-electron chi connectivity index (χ2n) is 6.09. The van der Waals surface area contributed by atoms with Crippen molar-refractivity contribution in [2.45, 2.75) is 24.1 Å². The zero-order valence-corrected chi connectivity index (χ0v) is 16.5. The van der Waals surface area contributed by atoms with Gasteiger partial charge in [0.1, 0.15) is 5.82 Å². The summed E-state index contributed by atoms with van der Waals surface area (Å²) in [4.78, 5) is 12.0. The molecule has 1 aromatic heterocycles. The van der Waals surface area contributed by atoms with Crippen LogP contribution in [0.15, 0.2) is 52.9 Å². The van der Waals surface area contributed by atoms with Gasteiger partial charge >= 0.3 is 0 Å². The SMILES string of the molecule is CC(C)c1ccc(Nc2nnc(SCC(=O)Nc3ccccc3F)s2)cc1. The van der Waals surface area contributed by atoms with Crippen molar-refractivity contribution < 1.29 is 9.18 Å². The second kappa shape index (κ2) is 8.96. The molecule has 1 heterocycles. The van der Waals surface area contributed by atoms with Gasteiger partial charge in [-0.05, 0) is 35.7 Å². The minimum absolute atomic E-state index is 0.131. The number of nitrogens with one attached hydrogen (secondary N) is 2. The third-order valence-electron chi connectivity index (χ3n) is 3.71. The Kier molecular flexibility index (Phi) is 6.41. The van der Waals surface area contributed by atoms with Crippen molar-refractivity contribution in [3.8, 4) is 0 Å². The molecule has 0 saturated heterocycles. The number of nitrogens with zero attached hydrogens (tertiary/aromatic N) is 2. The second-order valence-corrected chi connectivity index (χ2v) is 8.29. The van der Waals surface area contributed by atoms with Gasteiger partial charge in [0.05, 0.1) is 11.4 Å². The van der Waals surface area contributed by atoms with E-state index in [1.165, 1.54) is 40.8 Å². The van der Waals surface area contributed by atoms with Crippen LogP contribution in [-0.4, -0.2) is 21.9 Å². The van der Waals surface area contributed by atoms with Gasteiger partial charge in [0.15, 0.2) is 4.34 Å². The quantitative estimate of drug-likeness (QED) is 0.527. The van der Waals surface area contributed by atoms with Crippen molar-refractivity contribution in [2.75, 3.05) is 16.4 Å². The lowest BCUT2D eigenvalue weighted by Gasteiger charge is -2.06. The number of benzene rings is 2. The first-order chi connectivity index (χ1) is 13.0. The normalized spacial score (nSPS) is 10.8. The highest BCUT2D eigenvalue weighted by Crippen LogP contribution is 2.28. The summed E-state index contributed by atoms with van der Waals surface area (Å²) in [5.74, 6) is -0.133. The van der Waals surface area contributed by atoms with E-state index in [4.69, 9.17) is 0 Å². The predicted octanol–water partition coefficient (Wildman–Crippen LogP) is 5.28. The van der Waals surface area contributed by atoms with Crippen LogP contribution in [0.5, 0.6) is 0 Å². The van der Waals surface area contributed by atoms with E-state index in [0.717, 1.165) is 5.69 Å². The van der Waals surface area contributed by atoms with Crippen LogP contribution in [0.25, 0.3) is 0 Å². The number of hydrogen-bond acceptors (Lipinski definition) is 6. The van der Waals surface area contributed by atoms with Crippen LogP contribution in [0.2, 0.25) is 0 Å². The molecule has 2 N–H and O–H groups in total. The van der Waals surface area contributed by atoms with Gasteiger partial charge in [-0.3, -0.25) is 4.79 Å². The summed E-state index contributed by atoms with van der Waals surface area (Å²) in [6.07, 6.45) is 0. The van der Waals surface area contributed by atoms with Crippen LogP contribution in [0.4, 0.5) is 20.9 Å². The van der Waals surface area contributed by atoms with E-state index < -0.39 is 5.82 Å². The van der Waals surface area contributed by atoms with Gasteiger partial charge < -0.3 is 10.6 Å². The Morgan fingerprint density at radius 3 is 2.59 bits per heavy atom. The fourth-order valence-corrected chi connectivity index (χ4v) is 3.84. The summed E-state index contributed by atoms with van der Waals surface area (Å²) in [6, 6.07) is 14.2. The van der Waals surface area contributed by atoms with Crippen molar-refractivity contribution in [3.05, 3.63) is 59.9 Å². The number of aromatic nitrogens is 2. The number of halogens is 1. The van der Waals surface area contributed by atoms with E-state index in [9.17, 15) is 9.18 Å². The van der Waals surface area contributed by atoms with Gasteiger partial charge in [-0.1, -0.05) is 61.2 Å². The minimum Gasteiger partial charge on any atom is -0.330 e. The third-order valence-corrected chi connectivity index (χ3v) is 5.68. The fraction of sp³-hybridized carbons (Fsp3) is 0.211. The van der Waals surface area contributed by atoms with Crippen LogP contribution < -0.4 is 10.6 Å². The van der Waals surface area contributed by atoms with Gasteiger partial charge in [0.25, 0.3) is 0 Å². The number of thioether (sulfide) groups is 1. The van der Waals surface area contributed by atoms with Crippen molar-refractivity contribution in [3.63, 3.8) is 0 Å². The highest BCUT2D eigenvalue weighted by molar-refractivity contribution is 8.01. The molecule has 0 aliphatic rings. The van der Waals surface area contributed by atoms with Crippen molar-refractivity contribution >= 4 is 45.5 Å². The van der Waals surface area contributed by atoms with Crippen molar-refractivity contribution in [1.82, 2.24) is 10.2 Å². The zero-order chi connectivity index (χ0) is 19.2. The van der Waals surface area contributed by atoms with Gasteiger partial charge in [-0.2, -0.15) is 0 Å². The Morgan fingerprint density at radius 1 is 1.15 bits per heavy atom. The molecule has 3 rings (SSSR count). The summed E-state index contributed by atoms with van der Waals surface area (Å²) in [5, 5.41) is 14.6. The largest absolute Gasteiger partial charge is 0.330 e. The van der Waals surface area contributed by atoms with E-state index in [1.807, 2.05) is 12.1 Å². The number of para-hydroxylation sites is 1. The summed E-state index contributed by atoms with van der Waals surface area (Å²) in [7, 11) is 0. The van der Waals surface area contributed by atoms with Crippen LogP contribution in [0.1, 0.15) is 25.3 Å². The van der Waals surface area contributed by atoms with Gasteiger partial charge in [0.2, 0.25) is 11.0 Å². The number of carbonyl (C=O) groups excluding carboxylic acids is 1. The Balaban J connectivity index is 1.52. The van der Waals surface area contributed by atoms with Gasteiger partial charge in [-0.15, -0.1) is 10.2 Å². The van der Waals surface area contributed by atoms with E-state index >= 15 is 0 Å². The number of hydrogen-bond donors (Lipinski definition) is 2. The predicted molar refractivity (Wildman–Crippen MR) is 109 cm³/mol. The molecule has 5 nitrogen and oxygen atoms in total. The zero-order valence-electron chi connectivity index (χ0n) is 14.9. The van der Waals surface area contributed by atoms with Gasteiger partial charge in [-0.25, -0.2) is 4.39 Å². The van der Waals surface area contributed by atoms with E-state index in [2.05, 4.69) is 46.8 Å². The molecule has 2 aromatic carbocycles. The molecule has 0 aliphatic carbocycles. The average Bonchev–Trinajstić information content (AvgIpc) is 3.10. The Hall–Kier alpha value is -2.45. The topological polar surface area (TPSA) is 66.9 Å². The lowest BCUT2D eigenvalue weighted by molar-refractivity contribution is -0.113. The first kappa shape index (κ1) is 19.3. The number of carbonyl (C=O) groups is 1. The average molecular weight is 403 g/mol. The van der Waals surface area contributed by atoms with E-state index in [-0.39, 0.29) is 17.3 Å². The summed E-state index contributed by atoms with van der Waals surface area (Å²) < 4.78 is 14.2. The van der Waals surface area contributed by atoms with Crippen LogP contribution in [0.3, 0.4) is 0 Å². The maximum absolute atomic E-state index is 13.5. The molecule has 0 aliphatic heterocycles.